The van der Waals surface area contributed by atoms with Gasteiger partial charge in [-0.3, -0.25) is 19.3 Å². The van der Waals surface area contributed by atoms with Crippen LogP contribution in [0, 0.1) is 0 Å². The van der Waals surface area contributed by atoms with Crippen molar-refractivity contribution < 1.29 is 9.52 Å². The zero-order chi connectivity index (χ0) is 18.2. The third-order valence-corrected chi connectivity index (χ3v) is 3.98. The van der Waals surface area contributed by atoms with Gasteiger partial charge in [0.1, 0.15) is 11.3 Å². The summed E-state index contributed by atoms with van der Waals surface area (Å²) in [4.78, 5) is 32.5. The van der Waals surface area contributed by atoms with E-state index in [1.54, 1.807) is 12.1 Å². The molecule has 0 saturated carbocycles. The number of aromatic hydroxyl groups is 1. The molecule has 0 aliphatic carbocycles. The second kappa shape index (κ2) is 9.03. The lowest BCUT2D eigenvalue weighted by Crippen LogP contribution is -2.32. The van der Waals surface area contributed by atoms with Gasteiger partial charge in [-0.15, -0.1) is 0 Å². The Balaban J connectivity index is 2.11. The summed E-state index contributed by atoms with van der Waals surface area (Å²) < 4.78 is 6.21. The van der Waals surface area contributed by atoms with Gasteiger partial charge in [0.25, 0.3) is 5.56 Å². The fourth-order valence-electron chi connectivity index (χ4n) is 2.48. The van der Waals surface area contributed by atoms with Crippen molar-refractivity contribution in [2.45, 2.75) is 26.8 Å². The third-order valence-electron chi connectivity index (χ3n) is 3.98. The average Bonchev–Trinajstić information content (AvgIpc) is 3.10. The van der Waals surface area contributed by atoms with E-state index in [4.69, 9.17) is 4.42 Å². The second-order valence-electron chi connectivity index (χ2n) is 5.58. The molecular weight excluding hydrogens is 324 g/mol. The maximum absolute atomic E-state index is 11.9. The molecule has 0 aromatic carbocycles. The molecule has 0 spiro atoms. The van der Waals surface area contributed by atoms with Gasteiger partial charge in [0.2, 0.25) is 5.88 Å². The first-order valence-electron chi connectivity index (χ1n) is 8.37. The Morgan fingerprint density at radius 3 is 2.76 bits per heavy atom. The molecule has 25 heavy (non-hydrogen) atoms. The predicted molar refractivity (Wildman–Crippen MR) is 95.7 cm³/mol. The molecule has 8 heteroatoms. The number of nitrogens with one attached hydrogen (secondary N) is 1. The second-order valence-corrected chi connectivity index (χ2v) is 5.58. The molecule has 0 amide bonds. The summed E-state index contributed by atoms with van der Waals surface area (Å²) in [5.41, 5.74) is -1.39. The summed E-state index contributed by atoms with van der Waals surface area (Å²) in [6.45, 7) is 7.66. The van der Waals surface area contributed by atoms with Crippen molar-refractivity contribution in [1.82, 2.24) is 14.5 Å². The van der Waals surface area contributed by atoms with Crippen LogP contribution in [0.3, 0.4) is 0 Å². The lowest BCUT2D eigenvalue weighted by molar-refractivity contribution is 0.302. The van der Waals surface area contributed by atoms with Gasteiger partial charge in [-0.2, -0.15) is 0 Å². The van der Waals surface area contributed by atoms with Gasteiger partial charge in [0.15, 0.2) is 0 Å². The number of aliphatic imine (C=N–C) groups is 1. The first kappa shape index (κ1) is 18.7. The highest BCUT2D eigenvalue weighted by Crippen LogP contribution is 2.11. The maximum Gasteiger partial charge on any atom is 0.331 e. The molecule has 0 saturated heterocycles. The highest BCUT2D eigenvalue weighted by molar-refractivity contribution is 5.81. The van der Waals surface area contributed by atoms with E-state index in [2.05, 4.69) is 28.7 Å². The smallest absolute Gasteiger partial charge is 0.331 e. The van der Waals surface area contributed by atoms with Gasteiger partial charge >= 0.3 is 5.69 Å². The molecule has 2 N–H and O–H groups in total. The van der Waals surface area contributed by atoms with E-state index >= 15 is 0 Å². The largest absolute Gasteiger partial charge is 0.494 e. The summed E-state index contributed by atoms with van der Waals surface area (Å²) in [7, 11) is 0. The maximum atomic E-state index is 11.9. The van der Waals surface area contributed by atoms with Crippen LogP contribution in [0.25, 0.3) is 0 Å². The summed E-state index contributed by atoms with van der Waals surface area (Å²) in [6, 6.07) is 3.36. The van der Waals surface area contributed by atoms with E-state index in [1.165, 1.54) is 12.5 Å². The van der Waals surface area contributed by atoms with Crippen LogP contribution in [0.1, 0.15) is 31.6 Å². The summed E-state index contributed by atoms with van der Waals surface area (Å²) in [5.74, 6) is 0.0733. The number of aromatic nitrogens is 2. The predicted octanol–water partition coefficient (Wildman–Crippen LogP) is 1.03. The van der Waals surface area contributed by atoms with Crippen LogP contribution >= 0.6 is 0 Å². The van der Waals surface area contributed by atoms with Crippen molar-refractivity contribution in [2.75, 3.05) is 26.2 Å². The van der Waals surface area contributed by atoms with Crippen LogP contribution in [0.15, 0.2) is 37.4 Å². The minimum absolute atomic E-state index is 0.0250. The molecule has 0 atom stereocenters. The Bertz CT molecular complexity index is 801. The quantitative estimate of drug-likeness (QED) is 0.520. The molecule has 0 radical (unpaired) electrons. The van der Waals surface area contributed by atoms with Crippen LogP contribution < -0.4 is 11.2 Å². The van der Waals surface area contributed by atoms with Gasteiger partial charge in [-0.1, -0.05) is 13.8 Å². The topological polar surface area (TPSA) is 104 Å². The monoisotopic (exact) mass is 348 g/mol. The lowest BCUT2D eigenvalue weighted by Gasteiger charge is -2.16. The number of furan rings is 1. The fourth-order valence-corrected chi connectivity index (χ4v) is 2.48. The van der Waals surface area contributed by atoms with Crippen LogP contribution in [-0.4, -0.2) is 52.0 Å². The highest BCUT2D eigenvalue weighted by atomic mass is 16.3. The van der Waals surface area contributed by atoms with E-state index in [9.17, 15) is 14.7 Å². The lowest BCUT2D eigenvalue weighted by atomic mass is 10.3. The molecule has 0 aliphatic heterocycles. The Kier molecular flexibility index (Phi) is 6.76. The number of hydrogen-bond acceptors (Lipinski definition) is 6. The number of hydrogen-bond donors (Lipinski definition) is 2. The normalized spacial score (nSPS) is 11.6. The SMILES string of the molecule is CCN(CC)CCCN=Cc1c(O)n(Cc2ccco2)c(=O)[nH]c1=O. The van der Waals surface area contributed by atoms with Gasteiger partial charge in [0, 0.05) is 12.8 Å². The van der Waals surface area contributed by atoms with Gasteiger partial charge in [-0.25, -0.2) is 4.79 Å². The summed E-state index contributed by atoms with van der Waals surface area (Å²) in [6.07, 6.45) is 3.64. The van der Waals surface area contributed by atoms with Crippen LogP contribution in [0.2, 0.25) is 0 Å². The Labute approximate surface area is 145 Å². The number of H-pyrrole nitrogens is 1. The molecule has 2 heterocycles. The molecule has 136 valence electrons. The van der Waals surface area contributed by atoms with Crippen molar-refractivity contribution in [1.29, 1.82) is 0 Å². The van der Waals surface area contributed by atoms with Crippen molar-refractivity contribution in [2.24, 2.45) is 4.99 Å². The van der Waals surface area contributed by atoms with E-state index < -0.39 is 17.1 Å². The molecule has 0 unspecified atom stereocenters. The highest BCUT2D eigenvalue weighted by Gasteiger charge is 2.13. The first-order valence-corrected chi connectivity index (χ1v) is 8.37. The number of rotatable bonds is 9. The molecular formula is C17H24N4O4. The Morgan fingerprint density at radius 2 is 2.12 bits per heavy atom. The summed E-state index contributed by atoms with van der Waals surface area (Å²) in [5, 5.41) is 10.3. The summed E-state index contributed by atoms with van der Waals surface area (Å²) >= 11 is 0. The molecule has 0 fully saturated rings. The van der Waals surface area contributed by atoms with E-state index in [1.807, 2.05) is 0 Å². The van der Waals surface area contributed by atoms with Crippen molar-refractivity contribution in [3.05, 3.63) is 50.6 Å². The first-order chi connectivity index (χ1) is 12.1. The fraction of sp³-hybridized carbons (Fsp3) is 0.471. The van der Waals surface area contributed by atoms with Gasteiger partial charge in [0.05, 0.1) is 12.8 Å². The van der Waals surface area contributed by atoms with Crippen molar-refractivity contribution in [3.8, 4) is 5.88 Å². The molecule has 2 aromatic rings. The van der Waals surface area contributed by atoms with E-state index in [0.717, 1.165) is 30.6 Å². The van der Waals surface area contributed by atoms with Crippen molar-refractivity contribution in [3.63, 3.8) is 0 Å². The van der Waals surface area contributed by atoms with E-state index in [-0.39, 0.29) is 12.1 Å². The van der Waals surface area contributed by atoms with Gasteiger partial charge < -0.3 is 14.4 Å². The number of aromatic amines is 1. The molecule has 0 aliphatic rings. The minimum Gasteiger partial charge on any atom is -0.494 e. The molecule has 0 bridgehead atoms. The average molecular weight is 348 g/mol. The van der Waals surface area contributed by atoms with Gasteiger partial charge in [-0.05, 0) is 38.2 Å². The van der Waals surface area contributed by atoms with Crippen LogP contribution in [0.4, 0.5) is 0 Å². The Hall–Kier alpha value is -2.61. The van der Waals surface area contributed by atoms with E-state index in [0.29, 0.717) is 12.3 Å². The zero-order valence-electron chi connectivity index (χ0n) is 14.6. The van der Waals surface area contributed by atoms with Crippen LogP contribution in [-0.2, 0) is 6.54 Å². The standard InChI is InChI=1S/C17H24N4O4/c1-3-20(4-2)9-6-8-18-11-14-15(22)19-17(24)21(16(14)23)12-13-7-5-10-25-13/h5,7,10-11,23H,3-4,6,8-9,12H2,1-2H3,(H,19,22,24). The zero-order valence-corrected chi connectivity index (χ0v) is 14.6. The van der Waals surface area contributed by atoms with Crippen molar-refractivity contribution >= 4 is 6.21 Å². The van der Waals surface area contributed by atoms with Crippen LogP contribution in [0.5, 0.6) is 5.88 Å². The Morgan fingerprint density at radius 1 is 1.36 bits per heavy atom. The number of nitrogens with zero attached hydrogens (tertiary/aromatic N) is 3. The molecule has 8 nitrogen and oxygen atoms in total. The minimum atomic E-state index is -0.697. The molecule has 2 aromatic heterocycles. The third kappa shape index (κ3) is 4.93. The molecule has 2 rings (SSSR count).